The first kappa shape index (κ1) is 19.7. The van der Waals surface area contributed by atoms with Crippen LogP contribution in [0, 0.1) is 5.92 Å². The average Bonchev–Trinajstić information content (AvgIpc) is 2.56. The number of hydrogen-bond acceptors (Lipinski definition) is 5. The van der Waals surface area contributed by atoms with Gasteiger partial charge in [0, 0.05) is 25.2 Å². The summed E-state index contributed by atoms with van der Waals surface area (Å²) in [6.45, 7) is 7.39. The summed E-state index contributed by atoms with van der Waals surface area (Å²) in [5.74, 6) is 0.365. The van der Waals surface area contributed by atoms with E-state index in [-0.39, 0.29) is 22.5 Å². The van der Waals surface area contributed by atoms with Gasteiger partial charge in [-0.15, -0.1) is 0 Å². The van der Waals surface area contributed by atoms with Crippen molar-refractivity contribution in [2.45, 2.75) is 32.1 Å². The van der Waals surface area contributed by atoms with Gasteiger partial charge in [0.2, 0.25) is 15.9 Å². The maximum Gasteiger partial charge on any atom is 0.246 e. The Balaban J connectivity index is 2.32. The van der Waals surface area contributed by atoms with Crippen LogP contribution in [0.4, 0.5) is 5.69 Å². The minimum absolute atomic E-state index is 0.0681. The fourth-order valence-electron chi connectivity index (χ4n) is 2.57. The first-order valence-electron chi connectivity index (χ1n) is 8.49. The number of morpholine rings is 1. The first-order valence-corrected chi connectivity index (χ1v) is 9.93. The van der Waals surface area contributed by atoms with Crippen molar-refractivity contribution in [2.75, 3.05) is 38.2 Å². The van der Waals surface area contributed by atoms with Crippen LogP contribution in [0.25, 0.3) is 0 Å². The molecule has 0 aromatic heterocycles. The Bertz CT molecular complexity index is 697. The van der Waals surface area contributed by atoms with Gasteiger partial charge in [0.15, 0.2) is 0 Å². The molecule has 140 valence electrons. The van der Waals surface area contributed by atoms with Crippen LogP contribution in [-0.4, -0.2) is 51.5 Å². The molecule has 7 nitrogen and oxygen atoms in total. The van der Waals surface area contributed by atoms with E-state index in [0.717, 1.165) is 0 Å². The molecule has 25 heavy (non-hydrogen) atoms. The van der Waals surface area contributed by atoms with Crippen molar-refractivity contribution in [3.63, 3.8) is 0 Å². The summed E-state index contributed by atoms with van der Waals surface area (Å²) in [4.78, 5) is 12.0. The van der Waals surface area contributed by atoms with Gasteiger partial charge in [0.05, 0.1) is 19.8 Å². The highest BCUT2D eigenvalue weighted by molar-refractivity contribution is 7.89. The second-order valence-electron chi connectivity index (χ2n) is 6.26. The molecule has 0 saturated carbocycles. The van der Waals surface area contributed by atoms with Crippen molar-refractivity contribution in [1.29, 1.82) is 0 Å². The van der Waals surface area contributed by atoms with Crippen molar-refractivity contribution in [3.8, 4) is 5.75 Å². The summed E-state index contributed by atoms with van der Waals surface area (Å²) >= 11 is 0. The van der Waals surface area contributed by atoms with Crippen LogP contribution >= 0.6 is 0 Å². The Morgan fingerprint density at radius 3 is 2.60 bits per heavy atom. The van der Waals surface area contributed by atoms with E-state index in [1.165, 1.54) is 10.4 Å². The van der Waals surface area contributed by atoms with E-state index < -0.39 is 10.0 Å². The molecule has 1 aliphatic rings. The summed E-state index contributed by atoms with van der Waals surface area (Å²) < 4.78 is 38.1. The minimum atomic E-state index is -3.72. The zero-order chi connectivity index (χ0) is 18.4. The number of nitrogens with zero attached hydrogens (tertiary/aromatic N) is 1. The number of nitrogens with one attached hydrogen (secondary N) is 1. The Kier molecular flexibility index (Phi) is 6.80. The SMILES string of the molecule is CCOc1ccc(NC(=O)CC(C)C)cc1S(=O)(=O)N1CCOCC1. The van der Waals surface area contributed by atoms with E-state index in [9.17, 15) is 13.2 Å². The molecular weight excluding hydrogens is 344 g/mol. The molecule has 1 amide bonds. The molecule has 0 atom stereocenters. The Hall–Kier alpha value is -1.64. The fourth-order valence-corrected chi connectivity index (χ4v) is 4.14. The van der Waals surface area contributed by atoms with Gasteiger partial charge < -0.3 is 14.8 Å². The molecule has 1 N–H and O–H groups in total. The van der Waals surface area contributed by atoms with E-state index in [4.69, 9.17) is 9.47 Å². The second-order valence-corrected chi connectivity index (χ2v) is 8.16. The fraction of sp³-hybridized carbons (Fsp3) is 0.588. The highest BCUT2D eigenvalue weighted by Gasteiger charge is 2.29. The summed E-state index contributed by atoms with van der Waals surface area (Å²) in [7, 11) is -3.72. The third-order valence-corrected chi connectivity index (χ3v) is 5.63. The van der Waals surface area contributed by atoms with Crippen molar-refractivity contribution in [1.82, 2.24) is 4.31 Å². The van der Waals surface area contributed by atoms with Crippen LogP contribution in [0.1, 0.15) is 27.2 Å². The lowest BCUT2D eigenvalue weighted by Crippen LogP contribution is -2.40. The third-order valence-electron chi connectivity index (χ3n) is 3.71. The van der Waals surface area contributed by atoms with Gasteiger partial charge in [0.1, 0.15) is 10.6 Å². The molecule has 1 aromatic rings. The van der Waals surface area contributed by atoms with Crippen LogP contribution in [0.3, 0.4) is 0 Å². The number of carbonyl (C=O) groups is 1. The molecule has 0 unspecified atom stereocenters. The van der Waals surface area contributed by atoms with Crippen LogP contribution in [0.15, 0.2) is 23.1 Å². The van der Waals surface area contributed by atoms with E-state index in [2.05, 4.69) is 5.32 Å². The quantitative estimate of drug-likeness (QED) is 0.794. The molecule has 8 heteroatoms. The van der Waals surface area contributed by atoms with Crippen LogP contribution in [-0.2, 0) is 19.6 Å². The van der Waals surface area contributed by atoms with Crippen molar-refractivity contribution in [2.24, 2.45) is 5.92 Å². The average molecular weight is 370 g/mol. The summed E-state index contributed by atoms with van der Waals surface area (Å²) in [6.07, 6.45) is 0.374. The molecule has 1 aromatic carbocycles. The molecule has 1 heterocycles. The summed E-state index contributed by atoms with van der Waals surface area (Å²) in [5, 5.41) is 2.76. The minimum Gasteiger partial charge on any atom is -0.492 e. The molecular formula is C17H26N2O5S. The molecule has 1 fully saturated rings. The van der Waals surface area contributed by atoms with Gasteiger partial charge >= 0.3 is 0 Å². The maximum atomic E-state index is 13.0. The summed E-state index contributed by atoms with van der Waals surface area (Å²) in [6, 6.07) is 4.71. The lowest BCUT2D eigenvalue weighted by Gasteiger charge is -2.27. The first-order chi connectivity index (χ1) is 11.8. The monoisotopic (exact) mass is 370 g/mol. The number of carbonyl (C=O) groups excluding carboxylic acids is 1. The number of amides is 1. The van der Waals surface area contributed by atoms with Crippen LogP contribution in [0.2, 0.25) is 0 Å². The smallest absolute Gasteiger partial charge is 0.246 e. The van der Waals surface area contributed by atoms with Gasteiger partial charge in [-0.25, -0.2) is 8.42 Å². The van der Waals surface area contributed by atoms with E-state index in [1.54, 1.807) is 19.1 Å². The number of anilines is 1. The molecule has 0 radical (unpaired) electrons. The highest BCUT2D eigenvalue weighted by atomic mass is 32.2. The lowest BCUT2D eigenvalue weighted by molar-refractivity contribution is -0.116. The van der Waals surface area contributed by atoms with Gasteiger partial charge in [-0.05, 0) is 31.0 Å². The van der Waals surface area contributed by atoms with Gasteiger partial charge in [0.25, 0.3) is 0 Å². The maximum absolute atomic E-state index is 13.0. The largest absolute Gasteiger partial charge is 0.492 e. The number of benzene rings is 1. The number of sulfonamides is 1. The van der Waals surface area contributed by atoms with Crippen molar-refractivity contribution in [3.05, 3.63) is 18.2 Å². The number of rotatable bonds is 7. The van der Waals surface area contributed by atoms with Crippen LogP contribution in [0.5, 0.6) is 5.75 Å². The predicted molar refractivity (Wildman–Crippen MR) is 95.3 cm³/mol. The van der Waals surface area contributed by atoms with Crippen molar-refractivity contribution >= 4 is 21.6 Å². The number of ether oxygens (including phenoxy) is 2. The van der Waals surface area contributed by atoms with Gasteiger partial charge in [-0.3, -0.25) is 4.79 Å². The molecule has 2 rings (SSSR count). The molecule has 0 spiro atoms. The lowest BCUT2D eigenvalue weighted by atomic mass is 10.1. The normalized spacial score (nSPS) is 16.0. The predicted octanol–water partition coefficient (Wildman–Crippen LogP) is 2.09. The van der Waals surface area contributed by atoms with Crippen LogP contribution < -0.4 is 10.1 Å². The van der Waals surface area contributed by atoms with E-state index in [1.807, 2.05) is 13.8 Å². The van der Waals surface area contributed by atoms with E-state index in [0.29, 0.717) is 45.0 Å². The highest BCUT2D eigenvalue weighted by Crippen LogP contribution is 2.30. The third kappa shape index (κ3) is 5.17. The van der Waals surface area contributed by atoms with Crippen molar-refractivity contribution < 1.29 is 22.7 Å². The van der Waals surface area contributed by atoms with Gasteiger partial charge in [-0.2, -0.15) is 4.31 Å². The summed E-state index contributed by atoms with van der Waals surface area (Å²) in [5.41, 5.74) is 0.445. The second kappa shape index (κ2) is 8.64. The molecule has 1 saturated heterocycles. The van der Waals surface area contributed by atoms with E-state index >= 15 is 0 Å². The Morgan fingerprint density at radius 1 is 1.32 bits per heavy atom. The number of hydrogen-bond donors (Lipinski definition) is 1. The molecule has 1 aliphatic heterocycles. The molecule has 0 aliphatic carbocycles. The zero-order valence-corrected chi connectivity index (χ0v) is 15.8. The van der Waals surface area contributed by atoms with Gasteiger partial charge in [-0.1, -0.05) is 13.8 Å². The topological polar surface area (TPSA) is 84.9 Å². The Labute approximate surface area is 149 Å². The molecule has 0 bridgehead atoms. The zero-order valence-electron chi connectivity index (χ0n) is 14.9. The standard InChI is InChI=1S/C17H26N2O5S/c1-4-24-15-6-5-14(18-17(20)11-13(2)3)12-16(15)25(21,22)19-7-9-23-10-8-19/h5-6,12-13H,4,7-11H2,1-3H3,(H,18,20). The Morgan fingerprint density at radius 2 is 2.00 bits per heavy atom.